The van der Waals surface area contributed by atoms with Crippen LogP contribution in [0.2, 0.25) is 0 Å². The van der Waals surface area contributed by atoms with Gasteiger partial charge >= 0.3 is 0 Å². The summed E-state index contributed by atoms with van der Waals surface area (Å²) in [6.07, 6.45) is 3.77. The van der Waals surface area contributed by atoms with Crippen LogP contribution in [0, 0.1) is 0 Å². The number of methoxy groups -OCH3 is 1. The molecule has 0 spiro atoms. The summed E-state index contributed by atoms with van der Waals surface area (Å²) in [5.74, 6) is -0.0487. The zero-order valence-electron chi connectivity index (χ0n) is 15.3. The Hall–Kier alpha value is -1.90. The molecule has 0 saturated carbocycles. The first kappa shape index (κ1) is 19.9. The van der Waals surface area contributed by atoms with E-state index >= 15 is 0 Å². The Morgan fingerprint density at radius 1 is 1.19 bits per heavy atom. The van der Waals surface area contributed by atoms with E-state index in [0.717, 1.165) is 30.6 Å². The van der Waals surface area contributed by atoms with Gasteiger partial charge in [-0.3, -0.25) is 4.79 Å². The number of thiophene rings is 1. The molecule has 0 bridgehead atoms. The maximum absolute atomic E-state index is 13.2. The predicted octanol–water partition coefficient (Wildman–Crippen LogP) is 3.25. The first-order valence-corrected chi connectivity index (χ1v) is 11.3. The maximum Gasteiger partial charge on any atom is 0.251 e. The van der Waals surface area contributed by atoms with Crippen LogP contribution in [0.25, 0.3) is 0 Å². The van der Waals surface area contributed by atoms with Gasteiger partial charge in [0, 0.05) is 23.5 Å². The minimum Gasteiger partial charge on any atom is -0.495 e. The number of sulfonamides is 1. The minimum atomic E-state index is -3.71. The molecule has 146 valence electrons. The van der Waals surface area contributed by atoms with Crippen LogP contribution >= 0.6 is 11.3 Å². The lowest BCUT2D eigenvalue weighted by molar-refractivity contribution is 0.0951. The second-order valence-electron chi connectivity index (χ2n) is 6.45. The predicted molar refractivity (Wildman–Crippen MR) is 106 cm³/mol. The molecule has 1 N–H and O–H groups in total. The minimum absolute atomic E-state index is 0.0515. The topological polar surface area (TPSA) is 75.7 Å². The van der Waals surface area contributed by atoms with E-state index in [-0.39, 0.29) is 16.6 Å². The fourth-order valence-electron chi connectivity index (χ4n) is 3.12. The van der Waals surface area contributed by atoms with E-state index in [4.69, 9.17) is 4.74 Å². The van der Waals surface area contributed by atoms with Gasteiger partial charge in [0.2, 0.25) is 10.0 Å². The highest BCUT2D eigenvalue weighted by atomic mass is 32.2. The molecule has 8 heteroatoms. The molecule has 1 aliphatic rings. The van der Waals surface area contributed by atoms with Crippen molar-refractivity contribution in [3.05, 3.63) is 46.2 Å². The van der Waals surface area contributed by atoms with Crippen molar-refractivity contribution in [1.29, 1.82) is 0 Å². The first-order chi connectivity index (χ1) is 13.0. The van der Waals surface area contributed by atoms with E-state index in [1.165, 1.54) is 17.5 Å². The zero-order chi connectivity index (χ0) is 19.3. The van der Waals surface area contributed by atoms with E-state index in [2.05, 4.69) is 5.32 Å². The highest BCUT2D eigenvalue weighted by Crippen LogP contribution is 2.29. The molecule has 1 aromatic heterocycles. The highest BCUT2D eigenvalue weighted by Gasteiger charge is 2.29. The molecule has 1 fully saturated rings. The quantitative estimate of drug-likeness (QED) is 0.796. The van der Waals surface area contributed by atoms with Crippen molar-refractivity contribution in [2.45, 2.75) is 37.1 Å². The second-order valence-corrected chi connectivity index (χ2v) is 9.38. The van der Waals surface area contributed by atoms with Crippen molar-refractivity contribution in [1.82, 2.24) is 9.62 Å². The molecule has 0 unspecified atom stereocenters. The van der Waals surface area contributed by atoms with Crippen molar-refractivity contribution in [2.24, 2.45) is 0 Å². The van der Waals surface area contributed by atoms with Gasteiger partial charge in [0.15, 0.2) is 0 Å². The zero-order valence-corrected chi connectivity index (χ0v) is 16.9. The average Bonchev–Trinajstić information content (AvgIpc) is 3.04. The Labute approximate surface area is 164 Å². The normalized spacial score (nSPS) is 15.9. The number of carbonyl (C=O) groups excluding carboxylic acids is 1. The maximum atomic E-state index is 13.2. The summed E-state index contributed by atoms with van der Waals surface area (Å²) in [5, 5.41) is 4.77. The van der Waals surface area contributed by atoms with Gasteiger partial charge in [-0.25, -0.2) is 8.42 Å². The van der Waals surface area contributed by atoms with Crippen LogP contribution in [-0.2, 0) is 16.6 Å². The molecule has 27 heavy (non-hydrogen) atoms. The van der Waals surface area contributed by atoms with Crippen molar-refractivity contribution >= 4 is 27.3 Å². The molecule has 1 aromatic carbocycles. The summed E-state index contributed by atoms with van der Waals surface area (Å²) >= 11 is 1.56. The van der Waals surface area contributed by atoms with Crippen LogP contribution in [-0.4, -0.2) is 38.8 Å². The third kappa shape index (κ3) is 4.69. The Balaban J connectivity index is 1.85. The number of nitrogens with one attached hydrogen (secondary N) is 1. The third-order valence-corrected chi connectivity index (χ3v) is 7.41. The van der Waals surface area contributed by atoms with E-state index in [1.807, 2.05) is 17.5 Å². The number of ether oxygens (including phenoxy) is 1. The number of hydrogen-bond donors (Lipinski definition) is 1. The molecule has 2 heterocycles. The van der Waals surface area contributed by atoms with Crippen molar-refractivity contribution in [3.8, 4) is 5.75 Å². The molecule has 3 rings (SSSR count). The van der Waals surface area contributed by atoms with E-state index < -0.39 is 10.0 Å². The first-order valence-electron chi connectivity index (χ1n) is 9.01. The lowest BCUT2D eigenvalue weighted by Crippen LogP contribution is -2.32. The summed E-state index contributed by atoms with van der Waals surface area (Å²) < 4.78 is 33.1. The number of carbonyl (C=O) groups is 1. The number of benzene rings is 1. The van der Waals surface area contributed by atoms with Crippen LogP contribution in [0.3, 0.4) is 0 Å². The van der Waals surface area contributed by atoms with Gasteiger partial charge < -0.3 is 10.1 Å². The standard InChI is InChI=1S/C19H24N2O4S2/c1-25-17-9-8-15(19(22)20-14-16-7-6-12-26-16)13-18(17)27(23,24)21-10-4-2-3-5-11-21/h6-9,12-13H,2-5,10-11,14H2,1H3,(H,20,22). The summed E-state index contributed by atoms with van der Waals surface area (Å²) in [6, 6.07) is 8.41. The van der Waals surface area contributed by atoms with Gasteiger partial charge in [-0.1, -0.05) is 18.9 Å². The smallest absolute Gasteiger partial charge is 0.251 e. The van der Waals surface area contributed by atoms with Gasteiger partial charge in [0.05, 0.1) is 13.7 Å². The Kier molecular flexibility index (Phi) is 6.51. The molecular formula is C19H24N2O4S2. The van der Waals surface area contributed by atoms with Crippen LogP contribution in [0.5, 0.6) is 5.75 Å². The summed E-state index contributed by atoms with van der Waals surface area (Å²) in [6.45, 7) is 1.41. The van der Waals surface area contributed by atoms with Crippen LogP contribution < -0.4 is 10.1 Å². The number of rotatable bonds is 6. The SMILES string of the molecule is COc1ccc(C(=O)NCc2cccs2)cc1S(=O)(=O)N1CCCCCC1. The molecule has 1 saturated heterocycles. The van der Waals surface area contributed by atoms with E-state index in [0.29, 0.717) is 25.2 Å². The van der Waals surface area contributed by atoms with Gasteiger partial charge in [0.1, 0.15) is 10.6 Å². The number of amides is 1. The summed E-state index contributed by atoms with van der Waals surface area (Å²) in [4.78, 5) is 13.6. The summed E-state index contributed by atoms with van der Waals surface area (Å²) in [7, 11) is -2.27. The lowest BCUT2D eigenvalue weighted by Gasteiger charge is -2.21. The fourth-order valence-corrected chi connectivity index (χ4v) is 5.47. The largest absolute Gasteiger partial charge is 0.495 e. The van der Waals surface area contributed by atoms with E-state index in [9.17, 15) is 13.2 Å². The number of nitrogens with zero attached hydrogens (tertiary/aromatic N) is 1. The highest BCUT2D eigenvalue weighted by molar-refractivity contribution is 7.89. The van der Waals surface area contributed by atoms with Crippen molar-refractivity contribution < 1.29 is 17.9 Å². The van der Waals surface area contributed by atoms with Crippen LogP contribution in [0.15, 0.2) is 40.6 Å². The third-order valence-electron chi connectivity index (χ3n) is 4.61. The molecule has 0 radical (unpaired) electrons. The van der Waals surface area contributed by atoms with Gasteiger partial charge in [0.25, 0.3) is 5.91 Å². The lowest BCUT2D eigenvalue weighted by atomic mass is 10.2. The molecule has 6 nitrogen and oxygen atoms in total. The molecule has 1 amide bonds. The Bertz CT molecular complexity index is 871. The molecular weight excluding hydrogens is 384 g/mol. The van der Waals surface area contributed by atoms with Gasteiger partial charge in [-0.15, -0.1) is 11.3 Å². The number of hydrogen-bond acceptors (Lipinski definition) is 5. The molecule has 0 aliphatic carbocycles. The van der Waals surface area contributed by atoms with Gasteiger partial charge in [-0.05, 0) is 42.5 Å². The monoisotopic (exact) mass is 408 g/mol. The molecule has 0 atom stereocenters. The van der Waals surface area contributed by atoms with Crippen molar-refractivity contribution in [2.75, 3.05) is 20.2 Å². The van der Waals surface area contributed by atoms with E-state index in [1.54, 1.807) is 23.5 Å². The Morgan fingerprint density at radius 3 is 2.56 bits per heavy atom. The van der Waals surface area contributed by atoms with Crippen LogP contribution in [0.1, 0.15) is 40.9 Å². The summed E-state index contributed by atoms with van der Waals surface area (Å²) in [5.41, 5.74) is 0.306. The van der Waals surface area contributed by atoms with Gasteiger partial charge in [-0.2, -0.15) is 4.31 Å². The fraction of sp³-hybridized carbons (Fsp3) is 0.421. The Morgan fingerprint density at radius 2 is 1.93 bits per heavy atom. The van der Waals surface area contributed by atoms with Crippen molar-refractivity contribution in [3.63, 3.8) is 0 Å². The molecule has 1 aliphatic heterocycles. The van der Waals surface area contributed by atoms with Crippen LogP contribution in [0.4, 0.5) is 0 Å². The average molecular weight is 409 g/mol. The molecule has 2 aromatic rings. The second kappa shape index (κ2) is 8.86.